The number of ether oxygens (including phenoxy) is 2. The molecule has 1 aromatic heterocycles. The third-order valence-corrected chi connectivity index (χ3v) is 3.44. The van der Waals surface area contributed by atoms with Crippen LogP contribution in [0.5, 0.6) is 11.5 Å². The van der Waals surface area contributed by atoms with Gasteiger partial charge in [-0.15, -0.1) is 24.8 Å². The number of nitrogens with one attached hydrogen (secondary N) is 2. The average molecular weight is 423 g/mol. The molecule has 0 spiro atoms. The van der Waals surface area contributed by atoms with Crippen molar-refractivity contribution in [1.29, 1.82) is 0 Å². The number of halogens is 3. The first-order valence-corrected chi connectivity index (χ1v) is 7.94. The minimum Gasteiger partial charge on any atom is -0.456 e. The van der Waals surface area contributed by atoms with E-state index in [1.165, 1.54) is 0 Å². The van der Waals surface area contributed by atoms with E-state index < -0.39 is 0 Å². The smallest absolute Gasteiger partial charge is 0.251 e. The van der Waals surface area contributed by atoms with Gasteiger partial charge in [0.1, 0.15) is 11.5 Å². The van der Waals surface area contributed by atoms with E-state index >= 15 is 0 Å². The van der Waals surface area contributed by atoms with E-state index in [9.17, 15) is 4.79 Å². The van der Waals surface area contributed by atoms with Crippen LogP contribution in [0.3, 0.4) is 0 Å². The van der Waals surface area contributed by atoms with E-state index in [4.69, 9.17) is 21.1 Å². The number of benzene rings is 1. The number of aromatic nitrogens is 1. The summed E-state index contributed by atoms with van der Waals surface area (Å²) in [5.74, 6) is 0.938. The van der Waals surface area contributed by atoms with Gasteiger partial charge in [0.25, 0.3) is 5.91 Å². The Morgan fingerprint density at radius 2 is 1.85 bits per heavy atom. The molecule has 1 aromatic carbocycles. The third-order valence-electron chi connectivity index (χ3n) is 3.14. The van der Waals surface area contributed by atoms with Gasteiger partial charge in [-0.3, -0.25) is 9.78 Å². The normalized spacial score (nSPS) is 9.62. The predicted molar refractivity (Wildman–Crippen MR) is 107 cm³/mol. The van der Waals surface area contributed by atoms with Crippen molar-refractivity contribution in [3.05, 3.63) is 53.3 Å². The van der Waals surface area contributed by atoms with E-state index in [1.54, 1.807) is 49.8 Å². The van der Waals surface area contributed by atoms with Crippen molar-refractivity contribution in [2.75, 3.05) is 33.4 Å². The average Bonchev–Trinajstić information content (AvgIpc) is 2.60. The molecule has 0 atom stereocenters. The van der Waals surface area contributed by atoms with Crippen LogP contribution in [0.2, 0.25) is 5.02 Å². The molecular formula is C17H22Cl3N3O3. The van der Waals surface area contributed by atoms with Crippen molar-refractivity contribution >= 4 is 42.3 Å². The Morgan fingerprint density at radius 1 is 1.12 bits per heavy atom. The van der Waals surface area contributed by atoms with Gasteiger partial charge in [-0.25, -0.2) is 0 Å². The highest BCUT2D eigenvalue weighted by atomic mass is 35.5. The summed E-state index contributed by atoms with van der Waals surface area (Å²) in [7, 11) is 1.65. The predicted octanol–water partition coefficient (Wildman–Crippen LogP) is 3.34. The van der Waals surface area contributed by atoms with Gasteiger partial charge < -0.3 is 20.1 Å². The lowest BCUT2D eigenvalue weighted by Crippen LogP contribution is -2.33. The van der Waals surface area contributed by atoms with Crippen LogP contribution in [-0.4, -0.2) is 44.2 Å². The Morgan fingerprint density at radius 3 is 2.50 bits per heavy atom. The summed E-state index contributed by atoms with van der Waals surface area (Å²) in [5.41, 5.74) is 0.485. The summed E-state index contributed by atoms with van der Waals surface area (Å²) >= 11 is 6.20. The minimum absolute atomic E-state index is 0. The van der Waals surface area contributed by atoms with E-state index in [0.29, 0.717) is 41.8 Å². The van der Waals surface area contributed by atoms with E-state index in [1.807, 2.05) is 0 Å². The summed E-state index contributed by atoms with van der Waals surface area (Å²) in [5, 5.41) is 6.35. The molecule has 0 aliphatic rings. The molecule has 2 N–H and O–H groups in total. The Kier molecular flexibility index (Phi) is 12.8. The van der Waals surface area contributed by atoms with Gasteiger partial charge in [-0.05, 0) is 30.3 Å². The molecule has 0 aliphatic heterocycles. The van der Waals surface area contributed by atoms with Crippen LogP contribution in [0.4, 0.5) is 0 Å². The molecule has 144 valence electrons. The van der Waals surface area contributed by atoms with Crippen LogP contribution in [0, 0.1) is 0 Å². The lowest BCUT2D eigenvalue weighted by Gasteiger charge is -2.10. The van der Waals surface area contributed by atoms with Crippen LogP contribution >= 0.6 is 36.4 Å². The fourth-order valence-electron chi connectivity index (χ4n) is 1.92. The summed E-state index contributed by atoms with van der Waals surface area (Å²) in [4.78, 5) is 16.0. The molecule has 26 heavy (non-hydrogen) atoms. The highest BCUT2D eigenvalue weighted by Crippen LogP contribution is 2.29. The Hall–Kier alpha value is -1.57. The largest absolute Gasteiger partial charge is 0.456 e. The molecule has 1 heterocycles. The molecule has 9 heteroatoms. The maximum absolute atomic E-state index is 12.1. The SMILES string of the molecule is COCCNCCNC(=O)c1ccc(Oc2ccncc2)c(Cl)c1.Cl.Cl. The number of carbonyl (C=O) groups excluding carboxylic acids is 1. The van der Waals surface area contributed by atoms with Gasteiger partial charge >= 0.3 is 0 Å². The molecular weight excluding hydrogens is 401 g/mol. The van der Waals surface area contributed by atoms with Gasteiger partial charge in [0.15, 0.2) is 0 Å². The summed E-state index contributed by atoms with van der Waals surface area (Å²) in [6.07, 6.45) is 3.26. The van der Waals surface area contributed by atoms with Gasteiger partial charge in [-0.1, -0.05) is 11.6 Å². The molecule has 1 amide bonds. The first kappa shape index (κ1) is 24.4. The maximum atomic E-state index is 12.1. The molecule has 0 aliphatic carbocycles. The van der Waals surface area contributed by atoms with Crippen LogP contribution in [-0.2, 0) is 4.74 Å². The Bertz CT molecular complexity index is 660. The van der Waals surface area contributed by atoms with Gasteiger partial charge in [0.2, 0.25) is 0 Å². The number of nitrogens with zero attached hydrogens (tertiary/aromatic N) is 1. The molecule has 0 fully saturated rings. The third kappa shape index (κ3) is 8.21. The molecule has 0 saturated carbocycles. The quantitative estimate of drug-likeness (QED) is 0.606. The highest BCUT2D eigenvalue weighted by Gasteiger charge is 2.09. The molecule has 0 bridgehead atoms. The monoisotopic (exact) mass is 421 g/mol. The standard InChI is InChI=1S/C17H20ClN3O3.2ClH/c1-23-11-10-20-8-9-21-17(22)13-2-3-16(15(18)12-13)24-14-4-6-19-7-5-14;;/h2-7,12,20H,8-11H2,1H3,(H,21,22);2*1H. The number of amides is 1. The number of methoxy groups -OCH3 is 1. The number of pyridine rings is 1. The molecule has 6 nitrogen and oxygen atoms in total. The molecule has 0 radical (unpaired) electrons. The van der Waals surface area contributed by atoms with Crippen molar-refractivity contribution in [1.82, 2.24) is 15.6 Å². The topological polar surface area (TPSA) is 72.5 Å². The molecule has 2 aromatic rings. The summed E-state index contributed by atoms with van der Waals surface area (Å²) < 4.78 is 10.6. The second-order valence-electron chi connectivity index (χ2n) is 4.93. The van der Waals surface area contributed by atoms with Crippen molar-refractivity contribution in [3.63, 3.8) is 0 Å². The Labute approximate surface area is 170 Å². The number of hydrogen-bond acceptors (Lipinski definition) is 5. The summed E-state index contributed by atoms with van der Waals surface area (Å²) in [6.45, 7) is 2.59. The van der Waals surface area contributed by atoms with Crippen LogP contribution in [0.1, 0.15) is 10.4 Å². The van der Waals surface area contributed by atoms with Crippen molar-refractivity contribution < 1.29 is 14.3 Å². The van der Waals surface area contributed by atoms with E-state index in [2.05, 4.69) is 15.6 Å². The summed E-state index contributed by atoms with van der Waals surface area (Å²) in [6, 6.07) is 8.40. The minimum atomic E-state index is -0.180. The van der Waals surface area contributed by atoms with Crippen LogP contribution in [0.25, 0.3) is 0 Å². The number of carbonyl (C=O) groups is 1. The zero-order chi connectivity index (χ0) is 17.2. The van der Waals surface area contributed by atoms with Gasteiger partial charge in [0, 0.05) is 44.7 Å². The molecule has 2 rings (SSSR count). The zero-order valence-electron chi connectivity index (χ0n) is 14.2. The lowest BCUT2D eigenvalue weighted by molar-refractivity contribution is 0.0953. The van der Waals surface area contributed by atoms with Crippen LogP contribution < -0.4 is 15.4 Å². The zero-order valence-corrected chi connectivity index (χ0v) is 16.6. The molecule has 0 unspecified atom stereocenters. The first-order chi connectivity index (χ1) is 11.7. The van der Waals surface area contributed by atoms with E-state index in [0.717, 1.165) is 6.54 Å². The van der Waals surface area contributed by atoms with E-state index in [-0.39, 0.29) is 30.7 Å². The fourth-order valence-corrected chi connectivity index (χ4v) is 2.14. The maximum Gasteiger partial charge on any atom is 0.251 e. The first-order valence-electron chi connectivity index (χ1n) is 7.56. The van der Waals surface area contributed by atoms with Crippen molar-refractivity contribution in [3.8, 4) is 11.5 Å². The van der Waals surface area contributed by atoms with Crippen molar-refractivity contribution in [2.45, 2.75) is 0 Å². The second-order valence-corrected chi connectivity index (χ2v) is 5.34. The molecule has 0 saturated heterocycles. The number of rotatable bonds is 9. The van der Waals surface area contributed by atoms with Gasteiger partial charge in [0.05, 0.1) is 11.6 Å². The second kappa shape index (κ2) is 13.6. The lowest BCUT2D eigenvalue weighted by atomic mass is 10.2. The van der Waals surface area contributed by atoms with Crippen molar-refractivity contribution in [2.24, 2.45) is 0 Å². The van der Waals surface area contributed by atoms with Crippen LogP contribution in [0.15, 0.2) is 42.7 Å². The highest BCUT2D eigenvalue weighted by molar-refractivity contribution is 6.32. The fraction of sp³-hybridized carbons (Fsp3) is 0.294. The van der Waals surface area contributed by atoms with Gasteiger partial charge in [-0.2, -0.15) is 0 Å². The Balaban J connectivity index is 0.00000312. The number of hydrogen-bond donors (Lipinski definition) is 2.